The Balaban J connectivity index is 2.32. The maximum Gasteiger partial charge on any atom is 0.329 e. The molecule has 1 aromatic carbocycles. The summed E-state index contributed by atoms with van der Waals surface area (Å²) in [6.45, 7) is 4.14. The van der Waals surface area contributed by atoms with Gasteiger partial charge in [-0.1, -0.05) is 26.7 Å². The highest BCUT2D eigenvalue weighted by Gasteiger charge is 2.48. The molecule has 0 bridgehead atoms. The first kappa shape index (κ1) is 14.8. The van der Waals surface area contributed by atoms with Crippen LogP contribution in [0.2, 0.25) is 0 Å². The Morgan fingerprint density at radius 1 is 1.35 bits per heavy atom. The maximum atomic E-state index is 13.0. The molecule has 0 amide bonds. The van der Waals surface area contributed by atoms with Crippen molar-refractivity contribution in [2.75, 3.05) is 5.32 Å². The molecule has 4 heteroatoms. The second kappa shape index (κ2) is 5.81. The van der Waals surface area contributed by atoms with E-state index in [1.807, 2.05) is 0 Å². The Morgan fingerprint density at radius 3 is 2.55 bits per heavy atom. The number of anilines is 1. The van der Waals surface area contributed by atoms with E-state index in [9.17, 15) is 14.3 Å². The summed E-state index contributed by atoms with van der Waals surface area (Å²) in [6, 6.07) is 5.91. The molecule has 0 aromatic heterocycles. The van der Waals surface area contributed by atoms with Gasteiger partial charge in [0.1, 0.15) is 11.4 Å². The first-order chi connectivity index (χ1) is 9.45. The van der Waals surface area contributed by atoms with E-state index in [0.29, 0.717) is 18.0 Å². The van der Waals surface area contributed by atoms with Gasteiger partial charge >= 0.3 is 5.97 Å². The van der Waals surface area contributed by atoms with Gasteiger partial charge < -0.3 is 10.4 Å². The van der Waals surface area contributed by atoms with Crippen LogP contribution < -0.4 is 5.32 Å². The van der Waals surface area contributed by atoms with E-state index >= 15 is 0 Å². The average molecular weight is 279 g/mol. The van der Waals surface area contributed by atoms with E-state index in [-0.39, 0.29) is 11.7 Å². The highest BCUT2D eigenvalue weighted by atomic mass is 19.1. The van der Waals surface area contributed by atoms with Gasteiger partial charge in [-0.15, -0.1) is 0 Å². The number of halogens is 1. The van der Waals surface area contributed by atoms with Crippen LogP contribution >= 0.6 is 0 Å². The van der Waals surface area contributed by atoms with Crippen LogP contribution in [0.1, 0.15) is 39.5 Å². The predicted octanol–water partition coefficient (Wildman–Crippen LogP) is 3.91. The highest BCUT2D eigenvalue weighted by Crippen LogP contribution is 2.41. The van der Waals surface area contributed by atoms with Gasteiger partial charge in [-0.25, -0.2) is 9.18 Å². The topological polar surface area (TPSA) is 49.3 Å². The lowest BCUT2D eigenvalue weighted by atomic mass is 9.67. The van der Waals surface area contributed by atoms with Crippen molar-refractivity contribution in [2.45, 2.75) is 45.1 Å². The third-order valence-corrected chi connectivity index (χ3v) is 4.37. The predicted molar refractivity (Wildman–Crippen MR) is 77.2 cm³/mol. The van der Waals surface area contributed by atoms with Crippen molar-refractivity contribution >= 4 is 11.7 Å². The molecule has 110 valence electrons. The maximum absolute atomic E-state index is 13.0. The Hall–Kier alpha value is -1.58. The summed E-state index contributed by atoms with van der Waals surface area (Å²) in [5, 5.41) is 13.0. The quantitative estimate of drug-likeness (QED) is 0.878. The summed E-state index contributed by atoms with van der Waals surface area (Å²) in [5.41, 5.74) is -0.272. The minimum absolute atomic E-state index is 0.0822. The molecule has 0 saturated heterocycles. The second-order valence-corrected chi connectivity index (χ2v) is 6.00. The fraction of sp³-hybridized carbons (Fsp3) is 0.562. The van der Waals surface area contributed by atoms with E-state index in [1.165, 1.54) is 12.1 Å². The third-order valence-electron chi connectivity index (χ3n) is 4.37. The van der Waals surface area contributed by atoms with Crippen molar-refractivity contribution in [3.63, 3.8) is 0 Å². The largest absolute Gasteiger partial charge is 0.479 e. The van der Waals surface area contributed by atoms with Crippen molar-refractivity contribution in [1.29, 1.82) is 0 Å². The molecule has 20 heavy (non-hydrogen) atoms. The summed E-state index contributed by atoms with van der Waals surface area (Å²) in [7, 11) is 0. The molecule has 1 aliphatic rings. The summed E-state index contributed by atoms with van der Waals surface area (Å²) in [4.78, 5) is 11.9. The molecular formula is C16H22FNO2. The molecule has 2 N–H and O–H groups in total. The Labute approximate surface area is 119 Å². The standard InChI is InChI=1S/C16H22FNO2/c1-11(2)14-5-3-4-10-16(14,15(19)20)18-13-8-6-12(17)7-9-13/h6-9,11,14,18H,3-5,10H2,1-2H3,(H,19,20). The number of benzene rings is 1. The van der Waals surface area contributed by atoms with Crippen LogP contribution in [0.4, 0.5) is 10.1 Å². The van der Waals surface area contributed by atoms with Crippen molar-refractivity contribution in [3.8, 4) is 0 Å². The fourth-order valence-corrected chi connectivity index (χ4v) is 3.37. The van der Waals surface area contributed by atoms with Gasteiger partial charge in [0, 0.05) is 5.69 Å². The molecule has 3 nitrogen and oxygen atoms in total. The van der Waals surface area contributed by atoms with Crippen LogP contribution in [0.5, 0.6) is 0 Å². The molecule has 1 saturated carbocycles. The second-order valence-electron chi connectivity index (χ2n) is 6.00. The molecule has 0 heterocycles. The monoisotopic (exact) mass is 279 g/mol. The van der Waals surface area contributed by atoms with E-state index in [0.717, 1.165) is 19.3 Å². The third kappa shape index (κ3) is 2.79. The minimum Gasteiger partial charge on any atom is -0.479 e. The summed E-state index contributed by atoms with van der Waals surface area (Å²) in [6.07, 6.45) is 3.51. The minimum atomic E-state index is -0.940. The van der Waals surface area contributed by atoms with Crippen molar-refractivity contribution in [3.05, 3.63) is 30.1 Å². The lowest BCUT2D eigenvalue weighted by molar-refractivity contribution is -0.146. The number of aliphatic carboxylic acids is 1. The van der Waals surface area contributed by atoms with E-state index in [4.69, 9.17) is 0 Å². The zero-order valence-corrected chi connectivity index (χ0v) is 12.0. The van der Waals surface area contributed by atoms with Gasteiger partial charge in [-0.3, -0.25) is 0 Å². The number of hydrogen-bond donors (Lipinski definition) is 2. The van der Waals surface area contributed by atoms with Crippen LogP contribution in [0, 0.1) is 17.7 Å². The molecular weight excluding hydrogens is 257 g/mol. The van der Waals surface area contributed by atoms with Gasteiger partial charge in [-0.05, 0) is 48.9 Å². The zero-order chi connectivity index (χ0) is 14.8. The van der Waals surface area contributed by atoms with Gasteiger partial charge in [0.05, 0.1) is 0 Å². The number of carboxylic acids is 1. The molecule has 1 fully saturated rings. The van der Waals surface area contributed by atoms with Gasteiger partial charge in [0.25, 0.3) is 0 Å². The van der Waals surface area contributed by atoms with Crippen molar-refractivity contribution in [1.82, 2.24) is 0 Å². The van der Waals surface area contributed by atoms with Crippen LogP contribution in [-0.2, 0) is 4.79 Å². The van der Waals surface area contributed by atoms with Crippen LogP contribution in [0.25, 0.3) is 0 Å². The van der Waals surface area contributed by atoms with Crippen LogP contribution in [-0.4, -0.2) is 16.6 Å². The number of rotatable bonds is 4. The Bertz CT molecular complexity index is 472. The average Bonchev–Trinajstić information content (AvgIpc) is 2.41. The van der Waals surface area contributed by atoms with Crippen LogP contribution in [0.3, 0.4) is 0 Å². The number of nitrogens with one attached hydrogen (secondary N) is 1. The van der Waals surface area contributed by atoms with E-state index in [2.05, 4.69) is 19.2 Å². The first-order valence-corrected chi connectivity index (χ1v) is 7.23. The normalized spacial score (nSPS) is 26.5. The Kier molecular flexibility index (Phi) is 4.31. The van der Waals surface area contributed by atoms with Gasteiger partial charge in [0.15, 0.2) is 0 Å². The molecule has 2 rings (SSSR count). The molecule has 0 radical (unpaired) electrons. The molecule has 1 aromatic rings. The summed E-state index contributed by atoms with van der Waals surface area (Å²) in [5.74, 6) is -0.748. The van der Waals surface area contributed by atoms with E-state index in [1.54, 1.807) is 12.1 Å². The number of carboxylic acid groups (broad SMARTS) is 1. The summed E-state index contributed by atoms with van der Waals surface area (Å²) < 4.78 is 13.0. The molecule has 2 atom stereocenters. The van der Waals surface area contributed by atoms with Gasteiger partial charge in [-0.2, -0.15) is 0 Å². The smallest absolute Gasteiger partial charge is 0.329 e. The molecule has 1 aliphatic carbocycles. The zero-order valence-electron chi connectivity index (χ0n) is 12.0. The Morgan fingerprint density at radius 2 is 2.00 bits per heavy atom. The lowest BCUT2D eigenvalue weighted by Crippen LogP contribution is -2.55. The molecule has 0 aliphatic heterocycles. The fourth-order valence-electron chi connectivity index (χ4n) is 3.37. The molecule has 0 spiro atoms. The highest BCUT2D eigenvalue weighted by molar-refractivity contribution is 5.83. The number of hydrogen-bond acceptors (Lipinski definition) is 2. The van der Waals surface area contributed by atoms with Crippen LogP contribution in [0.15, 0.2) is 24.3 Å². The van der Waals surface area contributed by atoms with Crippen molar-refractivity contribution in [2.24, 2.45) is 11.8 Å². The van der Waals surface area contributed by atoms with Crippen molar-refractivity contribution < 1.29 is 14.3 Å². The lowest BCUT2D eigenvalue weighted by Gasteiger charge is -2.44. The van der Waals surface area contributed by atoms with E-state index < -0.39 is 11.5 Å². The summed E-state index contributed by atoms with van der Waals surface area (Å²) >= 11 is 0. The number of carbonyl (C=O) groups is 1. The van der Waals surface area contributed by atoms with Gasteiger partial charge in [0.2, 0.25) is 0 Å². The SMILES string of the molecule is CC(C)C1CCCCC1(Nc1ccc(F)cc1)C(=O)O. The first-order valence-electron chi connectivity index (χ1n) is 7.23. The molecule has 2 unspecified atom stereocenters.